The molecule has 1 atom stereocenters. The third kappa shape index (κ3) is 4.08. The molecule has 0 fully saturated rings. The van der Waals surface area contributed by atoms with Crippen LogP contribution in [-0.4, -0.2) is 6.54 Å². The van der Waals surface area contributed by atoms with E-state index in [1.807, 2.05) is 6.92 Å². The van der Waals surface area contributed by atoms with Gasteiger partial charge in [-0.15, -0.1) is 0 Å². The molecule has 112 valence electrons. The van der Waals surface area contributed by atoms with E-state index in [2.05, 4.69) is 5.32 Å². The third-order valence-corrected chi connectivity index (χ3v) is 3.40. The Kier molecular flexibility index (Phi) is 5.02. The van der Waals surface area contributed by atoms with Gasteiger partial charge in [0.2, 0.25) is 0 Å². The van der Waals surface area contributed by atoms with Gasteiger partial charge >= 0.3 is 0 Å². The van der Waals surface area contributed by atoms with Crippen LogP contribution in [-0.2, 0) is 6.42 Å². The molecule has 2 rings (SSSR count). The molecule has 0 saturated carbocycles. The lowest BCUT2D eigenvalue weighted by Crippen LogP contribution is -2.23. The predicted octanol–water partition coefficient (Wildman–Crippen LogP) is 4.31. The van der Waals surface area contributed by atoms with Crippen molar-refractivity contribution in [2.45, 2.75) is 26.3 Å². The second kappa shape index (κ2) is 6.76. The number of halogens is 3. The minimum Gasteiger partial charge on any atom is -0.310 e. The van der Waals surface area contributed by atoms with Crippen LogP contribution in [0.5, 0.6) is 0 Å². The molecule has 0 aliphatic heterocycles. The first kappa shape index (κ1) is 15.6. The maximum absolute atomic E-state index is 13.4. The minimum absolute atomic E-state index is 0.115. The molecule has 21 heavy (non-hydrogen) atoms. The first-order chi connectivity index (χ1) is 9.99. The Morgan fingerprint density at radius 1 is 1.00 bits per heavy atom. The molecule has 0 bridgehead atoms. The molecule has 1 N–H and O–H groups in total. The van der Waals surface area contributed by atoms with E-state index in [1.54, 1.807) is 19.1 Å². The molecule has 0 heterocycles. The Bertz CT molecular complexity index is 605. The fourth-order valence-corrected chi connectivity index (χ4v) is 2.40. The molecule has 0 aromatic heterocycles. The van der Waals surface area contributed by atoms with Crippen molar-refractivity contribution in [1.82, 2.24) is 5.32 Å². The summed E-state index contributed by atoms with van der Waals surface area (Å²) in [6.07, 6.45) is 0.438. The van der Waals surface area contributed by atoms with E-state index in [9.17, 15) is 13.2 Å². The summed E-state index contributed by atoms with van der Waals surface area (Å²) < 4.78 is 39.9. The van der Waals surface area contributed by atoms with Crippen molar-refractivity contribution in [2.75, 3.05) is 6.54 Å². The van der Waals surface area contributed by atoms with E-state index in [0.717, 1.165) is 11.6 Å². The van der Waals surface area contributed by atoms with E-state index < -0.39 is 11.6 Å². The van der Waals surface area contributed by atoms with Crippen LogP contribution in [0.25, 0.3) is 0 Å². The van der Waals surface area contributed by atoms with Gasteiger partial charge in [0.25, 0.3) is 0 Å². The van der Waals surface area contributed by atoms with Gasteiger partial charge in [0.05, 0.1) is 0 Å². The molecule has 0 spiro atoms. The summed E-state index contributed by atoms with van der Waals surface area (Å²) in [7, 11) is 0. The number of hydrogen-bond donors (Lipinski definition) is 1. The number of benzene rings is 2. The number of likely N-dealkylation sites (N-methyl/N-ethyl adjacent to an activating group) is 1. The lowest BCUT2D eigenvalue weighted by Gasteiger charge is -2.19. The van der Waals surface area contributed by atoms with Crippen LogP contribution in [0, 0.1) is 24.4 Å². The van der Waals surface area contributed by atoms with Crippen molar-refractivity contribution in [1.29, 1.82) is 0 Å². The van der Waals surface area contributed by atoms with E-state index in [1.165, 1.54) is 18.2 Å². The summed E-state index contributed by atoms with van der Waals surface area (Å²) in [4.78, 5) is 0. The lowest BCUT2D eigenvalue weighted by atomic mass is 9.97. The van der Waals surface area contributed by atoms with Crippen LogP contribution in [0.4, 0.5) is 13.2 Å². The largest absolute Gasteiger partial charge is 0.310 e. The average molecular weight is 293 g/mol. The fraction of sp³-hybridized carbons (Fsp3) is 0.294. The van der Waals surface area contributed by atoms with Crippen LogP contribution in [0.2, 0.25) is 0 Å². The standard InChI is InChI=1S/C17H18F3N/c1-3-21-17(13-4-5-16(20)11(2)6-13)9-12-7-14(18)10-15(19)8-12/h4-8,10,17,21H,3,9H2,1-2H3. The summed E-state index contributed by atoms with van der Waals surface area (Å²) in [5.41, 5.74) is 2.03. The Morgan fingerprint density at radius 2 is 1.67 bits per heavy atom. The Hall–Kier alpha value is -1.81. The summed E-state index contributed by atoms with van der Waals surface area (Å²) >= 11 is 0. The smallest absolute Gasteiger partial charge is 0.126 e. The van der Waals surface area contributed by atoms with Gasteiger partial charge in [-0.1, -0.05) is 19.1 Å². The van der Waals surface area contributed by atoms with Gasteiger partial charge < -0.3 is 5.32 Å². The fourth-order valence-electron chi connectivity index (χ4n) is 2.40. The zero-order chi connectivity index (χ0) is 15.4. The van der Waals surface area contributed by atoms with Gasteiger partial charge in [-0.3, -0.25) is 0 Å². The van der Waals surface area contributed by atoms with Crippen molar-refractivity contribution in [3.8, 4) is 0 Å². The second-order valence-corrected chi connectivity index (χ2v) is 5.10. The SMILES string of the molecule is CCNC(Cc1cc(F)cc(F)c1)c1ccc(F)c(C)c1. The molecular formula is C17H18F3N. The Labute approximate surface area is 122 Å². The molecule has 4 heteroatoms. The van der Waals surface area contributed by atoms with Gasteiger partial charge in [0, 0.05) is 12.1 Å². The van der Waals surface area contributed by atoms with Crippen molar-refractivity contribution in [3.05, 3.63) is 70.5 Å². The number of nitrogens with one attached hydrogen (secondary N) is 1. The van der Waals surface area contributed by atoms with Crippen molar-refractivity contribution < 1.29 is 13.2 Å². The van der Waals surface area contributed by atoms with E-state index >= 15 is 0 Å². The monoisotopic (exact) mass is 293 g/mol. The number of rotatable bonds is 5. The Balaban J connectivity index is 2.27. The molecule has 0 aliphatic rings. The lowest BCUT2D eigenvalue weighted by molar-refractivity contribution is 0.536. The first-order valence-corrected chi connectivity index (χ1v) is 6.94. The summed E-state index contributed by atoms with van der Waals surface area (Å²) in [6, 6.07) is 8.27. The third-order valence-electron chi connectivity index (χ3n) is 3.40. The molecule has 0 saturated heterocycles. The molecule has 0 aliphatic carbocycles. The molecule has 1 unspecified atom stereocenters. The second-order valence-electron chi connectivity index (χ2n) is 5.10. The van der Waals surface area contributed by atoms with Gasteiger partial charge in [-0.05, 0) is 54.8 Å². The molecule has 1 nitrogen and oxygen atoms in total. The van der Waals surface area contributed by atoms with Crippen molar-refractivity contribution >= 4 is 0 Å². The van der Waals surface area contributed by atoms with Crippen LogP contribution < -0.4 is 5.32 Å². The van der Waals surface area contributed by atoms with Gasteiger partial charge in [-0.2, -0.15) is 0 Å². The van der Waals surface area contributed by atoms with Crippen molar-refractivity contribution in [3.63, 3.8) is 0 Å². The molecular weight excluding hydrogens is 275 g/mol. The van der Waals surface area contributed by atoms with Crippen LogP contribution in [0.1, 0.15) is 29.7 Å². The highest BCUT2D eigenvalue weighted by Gasteiger charge is 2.13. The molecule has 2 aromatic carbocycles. The Morgan fingerprint density at radius 3 is 2.24 bits per heavy atom. The quantitative estimate of drug-likeness (QED) is 0.866. The van der Waals surface area contributed by atoms with Gasteiger partial charge in [-0.25, -0.2) is 13.2 Å². The van der Waals surface area contributed by atoms with E-state index in [0.29, 0.717) is 24.1 Å². The van der Waals surface area contributed by atoms with Gasteiger partial charge in [0.1, 0.15) is 17.5 Å². The highest BCUT2D eigenvalue weighted by atomic mass is 19.1. The van der Waals surface area contributed by atoms with Crippen LogP contribution in [0.3, 0.4) is 0 Å². The van der Waals surface area contributed by atoms with Gasteiger partial charge in [0.15, 0.2) is 0 Å². The molecule has 2 aromatic rings. The van der Waals surface area contributed by atoms with E-state index in [-0.39, 0.29) is 11.9 Å². The van der Waals surface area contributed by atoms with Crippen LogP contribution in [0.15, 0.2) is 36.4 Å². The topological polar surface area (TPSA) is 12.0 Å². The highest BCUT2D eigenvalue weighted by molar-refractivity contribution is 5.29. The number of hydrogen-bond acceptors (Lipinski definition) is 1. The summed E-state index contributed by atoms with van der Waals surface area (Å²) in [5.74, 6) is -1.43. The van der Waals surface area contributed by atoms with Crippen LogP contribution >= 0.6 is 0 Å². The minimum atomic E-state index is -0.587. The molecule has 0 amide bonds. The predicted molar refractivity (Wildman–Crippen MR) is 77.6 cm³/mol. The molecule has 0 radical (unpaired) electrons. The zero-order valence-corrected chi connectivity index (χ0v) is 12.1. The maximum Gasteiger partial charge on any atom is 0.126 e. The highest BCUT2D eigenvalue weighted by Crippen LogP contribution is 2.22. The summed E-state index contributed by atoms with van der Waals surface area (Å²) in [6.45, 7) is 4.36. The zero-order valence-electron chi connectivity index (χ0n) is 12.1. The normalized spacial score (nSPS) is 12.4. The summed E-state index contributed by atoms with van der Waals surface area (Å²) in [5, 5.41) is 3.27. The van der Waals surface area contributed by atoms with E-state index in [4.69, 9.17) is 0 Å². The maximum atomic E-state index is 13.4. The average Bonchev–Trinajstić information content (AvgIpc) is 2.40. The number of aryl methyl sites for hydroxylation is 1. The first-order valence-electron chi connectivity index (χ1n) is 6.94. The van der Waals surface area contributed by atoms with Crippen molar-refractivity contribution in [2.24, 2.45) is 0 Å².